The zero-order chi connectivity index (χ0) is 15.4. The van der Waals surface area contributed by atoms with Crippen LogP contribution in [0.15, 0.2) is 48.5 Å². The van der Waals surface area contributed by atoms with E-state index in [9.17, 15) is 4.79 Å². The highest BCUT2D eigenvalue weighted by molar-refractivity contribution is 5.87. The van der Waals surface area contributed by atoms with Crippen LogP contribution in [0.1, 0.15) is 33.5 Å². The predicted molar refractivity (Wildman–Crippen MR) is 87.1 cm³/mol. The van der Waals surface area contributed by atoms with Gasteiger partial charge >= 0.3 is 5.97 Å². The summed E-state index contributed by atoms with van der Waals surface area (Å²) >= 11 is 0. The molecule has 22 heavy (non-hydrogen) atoms. The first-order chi connectivity index (χ1) is 10.7. The van der Waals surface area contributed by atoms with Gasteiger partial charge in [0.2, 0.25) is 0 Å². The number of aromatic carboxylic acids is 1. The Morgan fingerprint density at radius 1 is 1.05 bits per heavy atom. The normalized spacial score (nSPS) is 14.0. The molecule has 0 amide bonds. The van der Waals surface area contributed by atoms with Gasteiger partial charge in [0, 0.05) is 6.54 Å². The zero-order valence-electron chi connectivity index (χ0n) is 12.6. The van der Waals surface area contributed by atoms with Crippen LogP contribution in [0.5, 0.6) is 0 Å². The molecule has 0 radical (unpaired) electrons. The maximum Gasteiger partial charge on any atom is 0.335 e. The topological polar surface area (TPSA) is 49.3 Å². The third kappa shape index (κ3) is 3.55. The quantitative estimate of drug-likeness (QED) is 0.804. The van der Waals surface area contributed by atoms with E-state index in [4.69, 9.17) is 5.11 Å². The second-order valence-corrected chi connectivity index (χ2v) is 6.01. The molecule has 0 unspecified atom stereocenters. The Morgan fingerprint density at radius 2 is 1.68 bits per heavy atom. The van der Waals surface area contributed by atoms with Crippen molar-refractivity contribution in [1.82, 2.24) is 5.32 Å². The van der Waals surface area contributed by atoms with Crippen molar-refractivity contribution < 1.29 is 9.90 Å². The van der Waals surface area contributed by atoms with Crippen molar-refractivity contribution in [3.63, 3.8) is 0 Å². The van der Waals surface area contributed by atoms with Crippen molar-refractivity contribution in [3.8, 4) is 0 Å². The number of carbonyl (C=O) groups is 1. The van der Waals surface area contributed by atoms with Crippen LogP contribution < -0.4 is 5.32 Å². The Morgan fingerprint density at radius 3 is 2.27 bits per heavy atom. The Kier molecular flexibility index (Phi) is 4.54. The summed E-state index contributed by atoms with van der Waals surface area (Å²) in [5, 5.41) is 12.3. The molecule has 2 N–H and O–H groups in total. The number of fused-ring (bicyclic) bond motifs is 1. The lowest BCUT2D eigenvalue weighted by atomic mass is 10.0. The molecule has 2 aromatic rings. The minimum absolute atomic E-state index is 0.340. The molecule has 3 nitrogen and oxygen atoms in total. The van der Waals surface area contributed by atoms with Gasteiger partial charge in [-0.05, 0) is 60.5 Å². The number of rotatable bonds is 6. The van der Waals surface area contributed by atoms with Crippen LogP contribution in [-0.4, -0.2) is 17.6 Å². The lowest BCUT2D eigenvalue weighted by molar-refractivity contribution is 0.0697. The van der Waals surface area contributed by atoms with Gasteiger partial charge in [-0.3, -0.25) is 0 Å². The monoisotopic (exact) mass is 295 g/mol. The molecule has 0 atom stereocenters. The van der Waals surface area contributed by atoms with Crippen molar-refractivity contribution in [2.45, 2.75) is 25.8 Å². The lowest BCUT2D eigenvalue weighted by Crippen LogP contribution is -2.18. The highest BCUT2D eigenvalue weighted by atomic mass is 16.4. The maximum atomic E-state index is 10.8. The fraction of sp³-hybridized carbons (Fsp3) is 0.316. The van der Waals surface area contributed by atoms with Gasteiger partial charge in [-0.2, -0.15) is 0 Å². The van der Waals surface area contributed by atoms with E-state index in [1.807, 2.05) is 12.1 Å². The minimum atomic E-state index is -0.875. The van der Waals surface area contributed by atoms with Crippen molar-refractivity contribution in [2.75, 3.05) is 6.54 Å². The molecule has 0 saturated heterocycles. The van der Waals surface area contributed by atoms with E-state index in [2.05, 4.69) is 29.6 Å². The molecule has 0 aromatic heterocycles. The third-order valence-corrected chi connectivity index (χ3v) is 4.39. The van der Waals surface area contributed by atoms with Crippen molar-refractivity contribution in [1.29, 1.82) is 0 Å². The molecular formula is C19H21NO2. The van der Waals surface area contributed by atoms with Gasteiger partial charge in [-0.15, -0.1) is 0 Å². The lowest BCUT2D eigenvalue weighted by Gasteiger charge is -2.10. The van der Waals surface area contributed by atoms with Crippen molar-refractivity contribution in [3.05, 3.63) is 70.8 Å². The fourth-order valence-electron chi connectivity index (χ4n) is 3.16. The summed E-state index contributed by atoms with van der Waals surface area (Å²) in [6, 6.07) is 15.8. The molecule has 1 aliphatic carbocycles. The number of hydrogen-bond acceptors (Lipinski definition) is 2. The van der Waals surface area contributed by atoms with Crippen molar-refractivity contribution in [2.24, 2.45) is 5.92 Å². The third-order valence-electron chi connectivity index (χ3n) is 4.39. The average molecular weight is 295 g/mol. The van der Waals surface area contributed by atoms with Gasteiger partial charge in [0.05, 0.1) is 5.56 Å². The number of carboxylic acid groups (broad SMARTS) is 1. The molecule has 0 saturated carbocycles. The smallest absolute Gasteiger partial charge is 0.335 e. The molecule has 0 aliphatic heterocycles. The molecule has 0 bridgehead atoms. The number of carboxylic acids is 1. The van der Waals surface area contributed by atoms with Crippen LogP contribution in [0.3, 0.4) is 0 Å². The average Bonchev–Trinajstić information content (AvgIpc) is 2.95. The van der Waals surface area contributed by atoms with E-state index >= 15 is 0 Å². The summed E-state index contributed by atoms with van der Waals surface area (Å²) in [4.78, 5) is 10.8. The van der Waals surface area contributed by atoms with Crippen LogP contribution in [0.2, 0.25) is 0 Å². The summed E-state index contributed by atoms with van der Waals surface area (Å²) < 4.78 is 0. The van der Waals surface area contributed by atoms with Crippen molar-refractivity contribution >= 4 is 5.97 Å². The van der Waals surface area contributed by atoms with E-state index < -0.39 is 5.97 Å². The maximum absolute atomic E-state index is 10.8. The Balaban J connectivity index is 1.40. The SMILES string of the molecule is O=C(O)c1ccc(CNCCC2Cc3ccccc3C2)cc1. The van der Waals surface area contributed by atoms with Gasteiger partial charge < -0.3 is 10.4 Å². The Labute approximate surface area is 131 Å². The van der Waals surface area contributed by atoms with Gasteiger partial charge in [0.25, 0.3) is 0 Å². The molecule has 2 aromatic carbocycles. The summed E-state index contributed by atoms with van der Waals surface area (Å²) in [7, 11) is 0. The van der Waals surface area contributed by atoms with E-state index in [0.29, 0.717) is 5.56 Å². The summed E-state index contributed by atoms with van der Waals surface area (Å²) in [6.07, 6.45) is 3.58. The highest BCUT2D eigenvalue weighted by Crippen LogP contribution is 2.28. The van der Waals surface area contributed by atoms with Crippen LogP contribution in [0, 0.1) is 5.92 Å². The zero-order valence-corrected chi connectivity index (χ0v) is 12.6. The molecular weight excluding hydrogens is 274 g/mol. The first-order valence-electron chi connectivity index (χ1n) is 7.82. The Bertz CT molecular complexity index is 624. The summed E-state index contributed by atoms with van der Waals surface area (Å²) in [6.45, 7) is 1.79. The largest absolute Gasteiger partial charge is 0.478 e. The highest BCUT2D eigenvalue weighted by Gasteiger charge is 2.19. The number of benzene rings is 2. The summed E-state index contributed by atoms with van der Waals surface area (Å²) in [5.74, 6) is -0.125. The van der Waals surface area contributed by atoms with Gasteiger partial charge in [0.1, 0.15) is 0 Å². The van der Waals surface area contributed by atoms with Crippen LogP contribution in [0.4, 0.5) is 0 Å². The molecule has 3 rings (SSSR count). The molecule has 0 spiro atoms. The first-order valence-corrected chi connectivity index (χ1v) is 7.82. The van der Waals surface area contributed by atoms with E-state index in [-0.39, 0.29) is 0 Å². The van der Waals surface area contributed by atoms with Crippen LogP contribution in [-0.2, 0) is 19.4 Å². The van der Waals surface area contributed by atoms with E-state index in [0.717, 1.165) is 24.6 Å². The van der Waals surface area contributed by atoms with Gasteiger partial charge in [-0.25, -0.2) is 4.79 Å². The second-order valence-electron chi connectivity index (χ2n) is 6.01. The number of hydrogen-bond donors (Lipinski definition) is 2. The molecule has 0 fully saturated rings. The second kappa shape index (κ2) is 6.75. The fourth-order valence-corrected chi connectivity index (χ4v) is 3.16. The van der Waals surface area contributed by atoms with Crippen LogP contribution in [0.25, 0.3) is 0 Å². The molecule has 0 heterocycles. The Hall–Kier alpha value is -2.13. The summed E-state index contributed by atoms with van der Waals surface area (Å²) in [5.41, 5.74) is 4.49. The van der Waals surface area contributed by atoms with Gasteiger partial charge in [0.15, 0.2) is 0 Å². The molecule has 1 aliphatic rings. The first kappa shape index (κ1) is 14.8. The van der Waals surface area contributed by atoms with Crippen LogP contribution >= 0.6 is 0 Å². The number of nitrogens with one attached hydrogen (secondary N) is 1. The van der Waals surface area contributed by atoms with E-state index in [1.54, 1.807) is 12.1 Å². The molecule has 3 heteroatoms. The standard InChI is InChI=1S/C19H21NO2/c21-19(22)16-7-5-14(6-8-16)13-20-10-9-15-11-17-3-1-2-4-18(17)12-15/h1-8,15,20H,9-13H2,(H,21,22). The van der Waals surface area contributed by atoms with E-state index in [1.165, 1.54) is 30.4 Å². The predicted octanol–water partition coefficient (Wildman–Crippen LogP) is 3.28. The van der Waals surface area contributed by atoms with Gasteiger partial charge in [-0.1, -0.05) is 36.4 Å². The molecule has 114 valence electrons. The minimum Gasteiger partial charge on any atom is -0.478 e.